The number of benzene rings is 1. The summed E-state index contributed by atoms with van der Waals surface area (Å²) in [6.07, 6.45) is -0.618. The third-order valence-corrected chi connectivity index (χ3v) is 2.60. The fourth-order valence-electron chi connectivity index (χ4n) is 1.44. The molecule has 19 heavy (non-hydrogen) atoms. The molecule has 8 heteroatoms. The van der Waals surface area contributed by atoms with Gasteiger partial charge >= 0.3 is 6.09 Å². The largest absolute Gasteiger partial charge is 0.454 e. The van der Waals surface area contributed by atoms with Gasteiger partial charge in [0.15, 0.2) is 16.6 Å². The summed E-state index contributed by atoms with van der Waals surface area (Å²) in [6, 6.07) is 5.60. The predicted octanol–water partition coefficient (Wildman–Crippen LogP) is 0.650. The number of fused-ring (bicyclic) bond motifs is 1. The summed E-state index contributed by atoms with van der Waals surface area (Å²) in [6.45, 7) is 0.737. The van der Waals surface area contributed by atoms with Crippen LogP contribution >= 0.6 is 12.2 Å². The first-order chi connectivity index (χ1) is 9.19. The molecule has 7 nitrogen and oxygen atoms in total. The molecular formula is C11H13N3O4S. The number of methoxy groups -OCH3 is 1. The van der Waals surface area contributed by atoms with E-state index in [1.54, 1.807) is 0 Å². The van der Waals surface area contributed by atoms with Gasteiger partial charge in [-0.1, -0.05) is 6.07 Å². The average Bonchev–Trinajstić information content (AvgIpc) is 2.89. The van der Waals surface area contributed by atoms with Gasteiger partial charge in [0, 0.05) is 6.54 Å². The lowest BCUT2D eigenvalue weighted by molar-refractivity contribution is 0.168. The van der Waals surface area contributed by atoms with Crippen molar-refractivity contribution in [3.8, 4) is 11.5 Å². The third kappa shape index (κ3) is 3.62. The van der Waals surface area contributed by atoms with Crippen molar-refractivity contribution in [3.63, 3.8) is 0 Å². The maximum Gasteiger partial charge on any atom is 0.425 e. The van der Waals surface area contributed by atoms with Crippen molar-refractivity contribution in [1.29, 1.82) is 0 Å². The summed E-state index contributed by atoms with van der Waals surface area (Å²) >= 11 is 4.97. The van der Waals surface area contributed by atoms with Crippen molar-refractivity contribution in [3.05, 3.63) is 23.8 Å². The average molecular weight is 283 g/mol. The van der Waals surface area contributed by atoms with Crippen LogP contribution in [0.15, 0.2) is 18.2 Å². The molecule has 1 aromatic carbocycles. The van der Waals surface area contributed by atoms with Gasteiger partial charge in [-0.25, -0.2) is 10.2 Å². The van der Waals surface area contributed by atoms with E-state index in [9.17, 15) is 4.79 Å². The summed E-state index contributed by atoms with van der Waals surface area (Å²) in [5.74, 6) is 1.45. The van der Waals surface area contributed by atoms with Crippen LogP contribution in [-0.4, -0.2) is 25.1 Å². The quantitative estimate of drug-likeness (QED) is 0.543. The van der Waals surface area contributed by atoms with Gasteiger partial charge in [0.25, 0.3) is 0 Å². The van der Waals surface area contributed by atoms with E-state index < -0.39 is 6.09 Å². The van der Waals surface area contributed by atoms with E-state index in [1.807, 2.05) is 18.2 Å². The Labute approximate surface area is 115 Å². The van der Waals surface area contributed by atoms with E-state index in [1.165, 1.54) is 7.11 Å². The van der Waals surface area contributed by atoms with E-state index in [4.69, 9.17) is 21.7 Å². The molecular weight excluding hydrogens is 270 g/mol. The summed E-state index contributed by atoms with van der Waals surface area (Å²) < 4.78 is 14.9. The van der Waals surface area contributed by atoms with Crippen LogP contribution in [0.1, 0.15) is 5.56 Å². The summed E-state index contributed by atoms with van der Waals surface area (Å²) in [5, 5.41) is 3.20. The van der Waals surface area contributed by atoms with E-state index in [2.05, 4.69) is 20.9 Å². The monoisotopic (exact) mass is 283 g/mol. The van der Waals surface area contributed by atoms with Crippen LogP contribution in [0.3, 0.4) is 0 Å². The van der Waals surface area contributed by atoms with Crippen LogP contribution in [0.4, 0.5) is 4.79 Å². The molecule has 1 heterocycles. The van der Waals surface area contributed by atoms with Crippen LogP contribution < -0.4 is 25.6 Å². The first-order valence-corrected chi connectivity index (χ1v) is 5.86. The minimum absolute atomic E-state index is 0.245. The highest BCUT2D eigenvalue weighted by Gasteiger charge is 2.13. The first kappa shape index (κ1) is 13.2. The minimum Gasteiger partial charge on any atom is -0.454 e. The number of carbonyl (C=O) groups excluding carboxylic acids is 1. The molecule has 1 aromatic rings. The Bertz CT molecular complexity index is 495. The molecule has 0 radical (unpaired) electrons. The molecule has 0 saturated carbocycles. The van der Waals surface area contributed by atoms with Gasteiger partial charge < -0.3 is 19.5 Å². The van der Waals surface area contributed by atoms with Crippen LogP contribution in [0, 0.1) is 0 Å². The Kier molecular flexibility index (Phi) is 4.24. The molecule has 0 atom stereocenters. The third-order valence-electron chi connectivity index (χ3n) is 2.35. The van der Waals surface area contributed by atoms with Crippen LogP contribution in [0.5, 0.6) is 11.5 Å². The molecule has 0 unspecified atom stereocenters. The zero-order valence-corrected chi connectivity index (χ0v) is 11.0. The van der Waals surface area contributed by atoms with Gasteiger partial charge in [0.05, 0.1) is 7.11 Å². The molecule has 0 fully saturated rings. The first-order valence-electron chi connectivity index (χ1n) is 5.45. The number of nitrogens with one attached hydrogen (secondary N) is 3. The van der Waals surface area contributed by atoms with Crippen LogP contribution in [0.2, 0.25) is 0 Å². The topological polar surface area (TPSA) is 80.9 Å². The van der Waals surface area contributed by atoms with Crippen LogP contribution in [0.25, 0.3) is 0 Å². The van der Waals surface area contributed by atoms with Gasteiger partial charge in [0.2, 0.25) is 6.79 Å². The van der Waals surface area contributed by atoms with Gasteiger partial charge in [0.1, 0.15) is 0 Å². The smallest absolute Gasteiger partial charge is 0.425 e. The predicted molar refractivity (Wildman–Crippen MR) is 70.7 cm³/mol. The Morgan fingerprint density at radius 1 is 1.37 bits per heavy atom. The van der Waals surface area contributed by atoms with Crippen LogP contribution in [-0.2, 0) is 11.3 Å². The molecule has 0 aromatic heterocycles. The number of hydrazine groups is 1. The zero-order chi connectivity index (χ0) is 13.7. The van der Waals surface area contributed by atoms with Crippen molar-refractivity contribution in [2.24, 2.45) is 0 Å². The maximum absolute atomic E-state index is 10.8. The van der Waals surface area contributed by atoms with E-state index in [-0.39, 0.29) is 11.9 Å². The second kappa shape index (κ2) is 6.10. The van der Waals surface area contributed by atoms with Gasteiger partial charge in [-0.15, -0.1) is 0 Å². The van der Waals surface area contributed by atoms with Crippen molar-refractivity contribution in [2.45, 2.75) is 6.54 Å². The number of carbonyl (C=O) groups is 1. The highest BCUT2D eigenvalue weighted by Crippen LogP contribution is 2.32. The molecule has 3 N–H and O–H groups in total. The van der Waals surface area contributed by atoms with Crippen molar-refractivity contribution < 1.29 is 19.0 Å². The molecule has 1 aliphatic heterocycles. The number of thiocarbonyl (C=S) groups is 1. The normalized spacial score (nSPS) is 11.6. The summed E-state index contributed by atoms with van der Waals surface area (Å²) in [5.41, 5.74) is 5.72. The molecule has 102 valence electrons. The number of ether oxygens (including phenoxy) is 3. The van der Waals surface area contributed by atoms with Gasteiger partial charge in [-0.2, -0.15) is 0 Å². The molecule has 1 aliphatic rings. The Hall–Kier alpha value is -2.22. The Morgan fingerprint density at radius 2 is 2.16 bits per heavy atom. The van der Waals surface area contributed by atoms with E-state index in [0.717, 1.165) is 11.3 Å². The van der Waals surface area contributed by atoms with E-state index >= 15 is 0 Å². The summed E-state index contributed by atoms with van der Waals surface area (Å²) in [7, 11) is 1.26. The highest BCUT2D eigenvalue weighted by molar-refractivity contribution is 7.80. The highest BCUT2D eigenvalue weighted by atomic mass is 32.1. The lowest BCUT2D eigenvalue weighted by atomic mass is 10.2. The lowest BCUT2D eigenvalue weighted by Gasteiger charge is -2.11. The summed E-state index contributed by atoms with van der Waals surface area (Å²) in [4.78, 5) is 10.8. The van der Waals surface area contributed by atoms with E-state index in [0.29, 0.717) is 12.3 Å². The maximum atomic E-state index is 10.8. The SMILES string of the molecule is COC(=O)NNC(=S)NCc1ccc2c(c1)OCO2. The molecule has 1 amide bonds. The molecule has 2 rings (SSSR count). The van der Waals surface area contributed by atoms with Gasteiger partial charge in [-0.05, 0) is 29.9 Å². The minimum atomic E-state index is -0.618. The lowest BCUT2D eigenvalue weighted by Crippen LogP contribution is -2.46. The van der Waals surface area contributed by atoms with Crippen molar-refractivity contribution in [1.82, 2.24) is 16.2 Å². The molecule has 0 aliphatic carbocycles. The fraction of sp³-hybridized carbons (Fsp3) is 0.273. The standard InChI is InChI=1S/C11H13N3O4S/c1-16-11(15)14-13-10(19)12-5-7-2-3-8-9(4-7)18-6-17-8/h2-4H,5-6H2,1H3,(H,14,15)(H2,12,13,19). The number of hydrogen-bond donors (Lipinski definition) is 3. The number of amides is 1. The molecule has 0 spiro atoms. The fourth-order valence-corrected chi connectivity index (χ4v) is 1.56. The molecule has 0 saturated heterocycles. The Balaban J connectivity index is 1.79. The van der Waals surface area contributed by atoms with Crippen molar-refractivity contribution >= 4 is 23.4 Å². The number of rotatable bonds is 2. The Morgan fingerprint density at radius 3 is 2.95 bits per heavy atom. The second-order valence-electron chi connectivity index (χ2n) is 3.61. The van der Waals surface area contributed by atoms with Crippen molar-refractivity contribution in [2.75, 3.05) is 13.9 Å². The number of hydrogen-bond acceptors (Lipinski definition) is 5. The second-order valence-corrected chi connectivity index (χ2v) is 4.02. The molecule has 0 bridgehead atoms. The van der Waals surface area contributed by atoms with Gasteiger partial charge in [-0.3, -0.25) is 5.43 Å². The zero-order valence-electron chi connectivity index (χ0n) is 10.2.